The van der Waals surface area contributed by atoms with Crippen LogP contribution < -0.4 is 10.1 Å². The van der Waals surface area contributed by atoms with Gasteiger partial charge in [-0.05, 0) is 39.2 Å². The summed E-state index contributed by atoms with van der Waals surface area (Å²) in [6, 6.07) is 12.5. The highest BCUT2D eigenvalue weighted by molar-refractivity contribution is 14.0. The Bertz CT molecular complexity index is 744. The number of benzene rings is 1. The number of nitrogens with zero attached hydrogens (tertiary/aromatic N) is 4. The molecule has 0 saturated carbocycles. The molecule has 6 nitrogen and oxygen atoms in total. The van der Waals surface area contributed by atoms with E-state index in [1.807, 2.05) is 18.2 Å². The molecular weight excluding hydrogens is 465 g/mol. The molecule has 7 heteroatoms. The summed E-state index contributed by atoms with van der Waals surface area (Å²) in [6.07, 6.45) is 2.07. The Balaban J connectivity index is 0.00000392. The van der Waals surface area contributed by atoms with Gasteiger partial charge in [0.1, 0.15) is 5.75 Å². The Morgan fingerprint density at radius 3 is 2.46 bits per heavy atom. The van der Waals surface area contributed by atoms with E-state index in [0.29, 0.717) is 6.54 Å². The first-order valence-corrected chi connectivity index (χ1v) is 9.36. The minimum atomic E-state index is 0. The molecule has 28 heavy (non-hydrogen) atoms. The van der Waals surface area contributed by atoms with Gasteiger partial charge in [0.15, 0.2) is 5.96 Å². The van der Waals surface area contributed by atoms with E-state index >= 15 is 0 Å². The molecule has 0 spiro atoms. The third-order valence-electron chi connectivity index (χ3n) is 4.68. The maximum absolute atomic E-state index is 5.56. The summed E-state index contributed by atoms with van der Waals surface area (Å²) in [5, 5.41) is 3.41. The number of rotatable bonds is 8. The Hall–Kier alpha value is -1.74. The van der Waals surface area contributed by atoms with Crippen molar-refractivity contribution in [3.05, 3.63) is 53.9 Å². The van der Waals surface area contributed by atoms with Gasteiger partial charge in [-0.25, -0.2) is 0 Å². The van der Waals surface area contributed by atoms with Gasteiger partial charge in [0, 0.05) is 38.1 Å². The van der Waals surface area contributed by atoms with Crippen molar-refractivity contribution in [3.8, 4) is 5.75 Å². The summed E-state index contributed by atoms with van der Waals surface area (Å²) in [6.45, 7) is 4.37. The van der Waals surface area contributed by atoms with Crippen LogP contribution in [0.2, 0.25) is 0 Å². The second-order valence-electron chi connectivity index (χ2n) is 6.88. The molecule has 0 aliphatic carbocycles. The van der Waals surface area contributed by atoms with Crippen LogP contribution in [0.3, 0.4) is 0 Å². The first kappa shape index (κ1) is 24.3. The molecule has 0 fully saturated rings. The van der Waals surface area contributed by atoms with Crippen LogP contribution in [0, 0.1) is 0 Å². The number of halogens is 1. The van der Waals surface area contributed by atoms with Crippen molar-refractivity contribution in [1.29, 1.82) is 0 Å². The Morgan fingerprint density at radius 1 is 1.18 bits per heavy atom. The third-order valence-corrected chi connectivity index (χ3v) is 4.68. The molecule has 1 unspecified atom stereocenters. The van der Waals surface area contributed by atoms with Crippen LogP contribution in [0.15, 0.2) is 47.6 Å². The molecule has 0 aliphatic heterocycles. The lowest BCUT2D eigenvalue weighted by atomic mass is 10.0. The highest BCUT2D eigenvalue weighted by atomic mass is 127. The number of guanidine groups is 1. The molecule has 1 aromatic heterocycles. The van der Waals surface area contributed by atoms with E-state index in [0.717, 1.165) is 30.4 Å². The molecule has 1 atom stereocenters. The molecule has 0 radical (unpaired) electrons. The SMILES string of the molecule is CCNC(=NCC(c1ccccc1OC)N(C)C)N(C)Cc1cccn1C.I. The van der Waals surface area contributed by atoms with E-state index in [1.54, 1.807) is 7.11 Å². The first-order chi connectivity index (χ1) is 13.0. The Kier molecular flexibility index (Phi) is 10.4. The van der Waals surface area contributed by atoms with Gasteiger partial charge in [0.25, 0.3) is 0 Å². The third kappa shape index (κ3) is 6.41. The molecule has 156 valence electrons. The number of likely N-dealkylation sites (N-methyl/N-ethyl adjacent to an activating group) is 1. The van der Waals surface area contributed by atoms with Crippen molar-refractivity contribution in [1.82, 2.24) is 19.7 Å². The van der Waals surface area contributed by atoms with E-state index in [9.17, 15) is 0 Å². The Labute approximate surface area is 186 Å². The van der Waals surface area contributed by atoms with Gasteiger partial charge in [-0.15, -0.1) is 24.0 Å². The lowest BCUT2D eigenvalue weighted by Crippen LogP contribution is -2.39. The smallest absolute Gasteiger partial charge is 0.194 e. The summed E-state index contributed by atoms with van der Waals surface area (Å²) >= 11 is 0. The van der Waals surface area contributed by atoms with Crippen molar-refractivity contribution in [2.75, 3.05) is 41.3 Å². The van der Waals surface area contributed by atoms with Gasteiger partial charge in [-0.1, -0.05) is 18.2 Å². The number of methoxy groups -OCH3 is 1. The molecule has 0 aliphatic rings. The predicted octanol–water partition coefficient (Wildman–Crippen LogP) is 3.35. The fraction of sp³-hybridized carbons (Fsp3) is 0.476. The molecule has 0 saturated heterocycles. The van der Waals surface area contributed by atoms with E-state index in [4.69, 9.17) is 9.73 Å². The van der Waals surface area contributed by atoms with Crippen LogP contribution in [0.5, 0.6) is 5.75 Å². The molecule has 0 bridgehead atoms. The highest BCUT2D eigenvalue weighted by Gasteiger charge is 2.18. The minimum absolute atomic E-state index is 0. The Morgan fingerprint density at radius 2 is 1.89 bits per heavy atom. The minimum Gasteiger partial charge on any atom is -0.496 e. The van der Waals surface area contributed by atoms with E-state index in [-0.39, 0.29) is 30.0 Å². The van der Waals surface area contributed by atoms with Crippen molar-refractivity contribution in [2.45, 2.75) is 19.5 Å². The first-order valence-electron chi connectivity index (χ1n) is 9.36. The van der Waals surface area contributed by atoms with Crippen LogP contribution in [0.4, 0.5) is 0 Å². The topological polar surface area (TPSA) is 45.0 Å². The molecular formula is C21H34IN5O. The zero-order valence-corrected chi connectivity index (χ0v) is 20.2. The van der Waals surface area contributed by atoms with Gasteiger partial charge in [0.2, 0.25) is 0 Å². The second-order valence-corrected chi connectivity index (χ2v) is 6.88. The van der Waals surface area contributed by atoms with Crippen LogP contribution >= 0.6 is 24.0 Å². The number of hydrogen-bond donors (Lipinski definition) is 1. The highest BCUT2D eigenvalue weighted by Crippen LogP contribution is 2.28. The van der Waals surface area contributed by atoms with Crippen molar-refractivity contribution in [3.63, 3.8) is 0 Å². The maximum atomic E-state index is 5.56. The zero-order chi connectivity index (χ0) is 19.8. The zero-order valence-electron chi connectivity index (χ0n) is 17.8. The molecule has 0 amide bonds. The number of aromatic nitrogens is 1. The summed E-state index contributed by atoms with van der Waals surface area (Å²) in [5.41, 5.74) is 2.40. The summed E-state index contributed by atoms with van der Waals surface area (Å²) in [4.78, 5) is 9.27. The summed E-state index contributed by atoms with van der Waals surface area (Å²) < 4.78 is 7.69. The average molecular weight is 499 g/mol. The fourth-order valence-electron chi connectivity index (χ4n) is 3.10. The van der Waals surface area contributed by atoms with Gasteiger partial charge < -0.3 is 24.4 Å². The summed E-state index contributed by atoms with van der Waals surface area (Å²) in [7, 11) is 10.0. The molecule has 1 aromatic carbocycles. The normalized spacial score (nSPS) is 12.5. The van der Waals surface area contributed by atoms with Gasteiger partial charge in [-0.2, -0.15) is 0 Å². The number of aryl methyl sites for hydroxylation is 1. The van der Waals surface area contributed by atoms with Crippen LogP contribution in [0.1, 0.15) is 24.2 Å². The number of ether oxygens (including phenoxy) is 1. The monoisotopic (exact) mass is 499 g/mol. The molecule has 2 aromatic rings. The van der Waals surface area contributed by atoms with Crippen LogP contribution in [-0.4, -0.2) is 61.7 Å². The van der Waals surface area contributed by atoms with Crippen molar-refractivity contribution >= 4 is 29.9 Å². The standard InChI is InChI=1S/C21H33N5O.HI/c1-7-22-21(26(5)16-17-11-10-14-25(17)4)23-15-19(24(2)3)18-12-8-9-13-20(18)27-6;/h8-14,19H,7,15-16H2,1-6H3,(H,22,23);1H. The number of aliphatic imine (C=N–C) groups is 1. The van der Waals surface area contributed by atoms with Gasteiger partial charge in [0.05, 0.1) is 26.2 Å². The van der Waals surface area contributed by atoms with E-state index in [2.05, 4.69) is 79.2 Å². The lowest BCUT2D eigenvalue weighted by molar-refractivity contribution is 0.294. The fourth-order valence-corrected chi connectivity index (χ4v) is 3.10. The van der Waals surface area contributed by atoms with Gasteiger partial charge in [-0.3, -0.25) is 4.99 Å². The number of nitrogens with one attached hydrogen (secondary N) is 1. The quantitative estimate of drug-likeness (QED) is 0.344. The largest absolute Gasteiger partial charge is 0.496 e. The van der Waals surface area contributed by atoms with Gasteiger partial charge >= 0.3 is 0 Å². The van der Waals surface area contributed by atoms with Crippen molar-refractivity contribution < 1.29 is 4.74 Å². The molecule has 1 N–H and O–H groups in total. The predicted molar refractivity (Wildman–Crippen MR) is 128 cm³/mol. The number of para-hydroxylation sites is 1. The average Bonchev–Trinajstić information content (AvgIpc) is 3.05. The summed E-state index contributed by atoms with van der Waals surface area (Å²) in [5.74, 6) is 1.80. The van der Waals surface area contributed by atoms with E-state index in [1.165, 1.54) is 5.69 Å². The molecule has 2 rings (SSSR count). The molecule has 1 heterocycles. The maximum Gasteiger partial charge on any atom is 0.194 e. The van der Waals surface area contributed by atoms with Crippen LogP contribution in [-0.2, 0) is 13.6 Å². The van der Waals surface area contributed by atoms with Crippen molar-refractivity contribution in [2.24, 2.45) is 12.0 Å². The lowest BCUT2D eigenvalue weighted by Gasteiger charge is -2.27. The van der Waals surface area contributed by atoms with Crippen LogP contribution in [0.25, 0.3) is 0 Å². The number of hydrogen-bond acceptors (Lipinski definition) is 3. The van der Waals surface area contributed by atoms with E-state index < -0.39 is 0 Å². The second kappa shape index (κ2) is 12.0.